The number of hydrogen-bond acceptors (Lipinski definition) is 5. The van der Waals surface area contributed by atoms with E-state index in [4.69, 9.17) is 14.3 Å². The van der Waals surface area contributed by atoms with Gasteiger partial charge in [-0.1, -0.05) is 18.2 Å². The van der Waals surface area contributed by atoms with Crippen molar-refractivity contribution in [3.8, 4) is 11.4 Å². The molecule has 7 nitrogen and oxygen atoms in total. The summed E-state index contributed by atoms with van der Waals surface area (Å²) in [5.41, 5.74) is 4.19. The predicted octanol–water partition coefficient (Wildman–Crippen LogP) is 5.18. The summed E-state index contributed by atoms with van der Waals surface area (Å²) in [5.74, 6) is -7.86. The Bertz CT molecular complexity index is 1470. The molecule has 0 N–H and O–H groups in total. The number of carbonyl (C=O) groups excluding carboxylic acids is 1. The van der Waals surface area contributed by atoms with Crippen molar-refractivity contribution in [3.05, 3.63) is 100 Å². The van der Waals surface area contributed by atoms with Gasteiger partial charge in [0.15, 0.2) is 23.1 Å². The SMILES string of the molecule is Cc1nn(-c2ccccc2)c(C)c1CN1CCN(C(=O)c2ccc(COc3c(F)c(F)cc(F)c3F)o2)CC1. The van der Waals surface area contributed by atoms with E-state index >= 15 is 0 Å². The highest BCUT2D eigenvalue weighted by molar-refractivity contribution is 5.91. The molecule has 1 aliphatic heterocycles. The lowest BCUT2D eigenvalue weighted by Crippen LogP contribution is -2.48. The summed E-state index contributed by atoms with van der Waals surface area (Å²) in [4.78, 5) is 16.9. The molecule has 5 rings (SSSR count). The van der Waals surface area contributed by atoms with E-state index < -0.39 is 35.6 Å². The summed E-state index contributed by atoms with van der Waals surface area (Å²) < 4.78 is 66.7. The van der Waals surface area contributed by atoms with Gasteiger partial charge in [0.2, 0.25) is 11.6 Å². The van der Waals surface area contributed by atoms with Gasteiger partial charge in [-0.15, -0.1) is 0 Å². The van der Waals surface area contributed by atoms with Crippen LogP contribution in [-0.4, -0.2) is 51.7 Å². The summed E-state index contributed by atoms with van der Waals surface area (Å²) in [6, 6.07) is 12.9. The third-order valence-corrected chi connectivity index (χ3v) is 6.79. The number of amides is 1. The smallest absolute Gasteiger partial charge is 0.289 e. The third kappa shape index (κ3) is 5.40. The van der Waals surface area contributed by atoms with E-state index in [1.165, 1.54) is 12.1 Å². The van der Waals surface area contributed by atoms with Crippen LogP contribution in [0.15, 0.2) is 52.9 Å². The quantitative estimate of drug-likeness (QED) is 0.238. The summed E-state index contributed by atoms with van der Waals surface area (Å²) in [6.07, 6.45) is 0. The molecule has 0 aliphatic carbocycles. The van der Waals surface area contributed by atoms with Crippen LogP contribution < -0.4 is 4.74 Å². The van der Waals surface area contributed by atoms with Gasteiger partial charge in [0, 0.05) is 50.0 Å². The van der Waals surface area contributed by atoms with Crippen LogP contribution in [0.25, 0.3) is 5.69 Å². The Hall–Kier alpha value is -4.12. The fraction of sp³-hybridized carbons (Fsp3) is 0.286. The number of nitrogens with zero attached hydrogens (tertiary/aromatic N) is 4. The van der Waals surface area contributed by atoms with Crippen molar-refractivity contribution < 1.29 is 31.5 Å². The van der Waals surface area contributed by atoms with Gasteiger partial charge in [-0.25, -0.2) is 13.5 Å². The Morgan fingerprint density at radius 2 is 1.62 bits per heavy atom. The van der Waals surface area contributed by atoms with Gasteiger partial charge in [-0.05, 0) is 38.1 Å². The van der Waals surface area contributed by atoms with Gasteiger partial charge in [-0.3, -0.25) is 9.69 Å². The minimum absolute atomic E-state index is 0.0317. The maximum absolute atomic E-state index is 13.8. The van der Waals surface area contributed by atoms with E-state index in [0.29, 0.717) is 32.7 Å². The van der Waals surface area contributed by atoms with E-state index in [1.807, 2.05) is 48.9 Å². The van der Waals surface area contributed by atoms with Crippen LogP contribution >= 0.6 is 0 Å². The number of piperazine rings is 1. The number of furan rings is 1. The molecule has 11 heteroatoms. The van der Waals surface area contributed by atoms with E-state index in [9.17, 15) is 22.4 Å². The number of carbonyl (C=O) groups is 1. The van der Waals surface area contributed by atoms with Crippen molar-refractivity contribution in [2.75, 3.05) is 26.2 Å². The monoisotopic (exact) mass is 542 g/mol. The first-order valence-corrected chi connectivity index (χ1v) is 12.4. The number of aromatic nitrogens is 2. The van der Waals surface area contributed by atoms with Crippen molar-refractivity contribution in [2.45, 2.75) is 27.0 Å². The molecule has 0 atom stereocenters. The number of para-hydroxylation sites is 1. The van der Waals surface area contributed by atoms with Crippen molar-refractivity contribution >= 4 is 5.91 Å². The summed E-state index contributed by atoms with van der Waals surface area (Å²) >= 11 is 0. The largest absolute Gasteiger partial charge is 0.479 e. The van der Waals surface area contributed by atoms with Gasteiger partial charge < -0.3 is 14.1 Å². The minimum Gasteiger partial charge on any atom is -0.479 e. The molecule has 1 amide bonds. The van der Waals surface area contributed by atoms with Crippen LogP contribution in [0.1, 0.15) is 33.3 Å². The second-order valence-electron chi connectivity index (χ2n) is 9.32. The molecule has 0 saturated carbocycles. The molecule has 0 bridgehead atoms. The first kappa shape index (κ1) is 26.5. The van der Waals surface area contributed by atoms with Crippen LogP contribution in [0.5, 0.6) is 5.75 Å². The normalized spacial score (nSPS) is 14.2. The van der Waals surface area contributed by atoms with Crippen molar-refractivity contribution in [1.29, 1.82) is 0 Å². The highest BCUT2D eigenvalue weighted by atomic mass is 19.2. The first-order chi connectivity index (χ1) is 18.7. The molecule has 2 aromatic carbocycles. The zero-order chi connectivity index (χ0) is 27.7. The summed E-state index contributed by atoms with van der Waals surface area (Å²) in [6.45, 7) is 6.50. The van der Waals surface area contributed by atoms with Gasteiger partial charge in [0.1, 0.15) is 12.4 Å². The van der Waals surface area contributed by atoms with Gasteiger partial charge in [0.05, 0.1) is 11.4 Å². The lowest BCUT2D eigenvalue weighted by atomic mass is 10.1. The predicted molar refractivity (Wildman–Crippen MR) is 134 cm³/mol. The highest BCUT2D eigenvalue weighted by Crippen LogP contribution is 2.28. The van der Waals surface area contributed by atoms with Crippen molar-refractivity contribution in [3.63, 3.8) is 0 Å². The maximum Gasteiger partial charge on any atom is 0.289 e. The van der Waals surface area contributed by atoms with Gasteiger partial charge in [0.25, 0.3) is 5.91 Å². The van der Waals surface area contributed by atoms with Crippen LogP contribution in [0.3, 0.4) is 0 Å². The Morgan fingerprint density at radius 1 is 0.949 bits per heavy atom. The fourth-order valence-electron chi connectivity index (χ4n) is 4.60. The number of aryl methyl sites for hydroxylation is 1. The third-order valence-electron chi connectivity index (χ3n) is 6.79. The lowest BCUT2D eigenvalue weighted by molar-refractivity contribution is 0.0593. The molecule has 1 aliphatic rings. The number of rotatable bonds is 7. The molecule has 39 heavy (non-hydrogen) atoms. The Labute approximate surface area is 222 Å². The van der Waals surface area contributed by atoms with Gasteiger partial charge >= 0.3 is 0 Å². The number of ether oxygens (including phenoxy) is 1. The molecule has 0 spiro atoms. The van der Waals surface area contributed by atoms with E-state index in [1.54, 1.807) is 4.90 Å². The zero-order valence-corrected chi connectivity index (χ0v) is 21.4. The molecule has 4 aromatic rings. The Kier molecular flexibility index (Phi) is 7.42. The zero-order valence-electron chi connectivity index (χ0n) is 21.4. The second kappa shape index (κ2) is 10.9. The van der Waals surface area contributed by atoms with Gasteiger partial charge in [-0.2, -0.15) is 13.9 Å². The Morgan fingerprint density at radius 3 is 2.28 bits per heavy atom. The average Bonchev–Trinajstić information content (AvgIpc) is 3.53. The van der Waals surface area contributed by atoms with Crippen LogP contribution in [0, 0.1) is 37.1 Å². The van der Waals surface area contributed by atoms with E-state index in [2.05, 4.69) is 4.90 Å². The summed E-state index contributed by atoms with van der Waals surface area (Å²) in [7, 11) is 0. The Balaban J connectivity index is 1.17. The van der Waals surface area contributed by atoms with Crippen LogP contribution in [0.4, 0.5) is 17.6 Å². The van der Waals surface area contributed by atoms with Crippen molar-refractivity contribution in [2.24, 2.45) is 0 Å². The maximum atomic E-state index is 13.8. The number of benzene rings is 2. The first-order valence-electron chi connectivity index (χ1n) is 12.4. The number of hydrogen-bond donors (Lipinski definition) is 0. The molecule has 1 fully saturated rings. The van der Waals surface area contributed by atoms with Crippen molar-refractivity contribution in [1.82, 2.24) is 19.6 Å². The minimum atomic E-state index is -1.65. The average molecular weight is 543 g/mol. The molecule has 204 valence electrons. The van der Waals surface area contributed by atoms with Crippen LogP contribution in [0.2, 0.25) is 0 Å². The standard InChI is InChI=1S/C28H26F4N4O3/c1-17-21(18(2)36(33-17)19-6-4-3-5-7-19)15-34-10-12-35(13-11-34)28(37)24-9-8-20(39-24)16-38-27-25(31)22(29)14-23(30)26(27)32/h3-9,14H,10-13,15-16H2,1-2H3. The molecule has 0 unspecified atom stereocenters. The molecule has 0 radical (unpaired) electrons. The molecule has 2 aromatic heterocycles. The number of halogens is 4. The topological polar surface area (TPSA) is 63.7 Å². The summed E-state index contributed by atoms with van der Waals surface area (Å²) in [5, 5.41) is 4.71. The van der Waals surface area contributed by atoms with Crippen LogP contribution in [-0.2, 0) is 13.2 Å². The molecular weight excluding hydrogens is 516 g/mol. The lowest BCUT2D eigenvalue weighted by Gasteiger charge is -2.34. The fourth-order valence-corrected chi connectivity index (χ4v) is 4.60. The highest BCUT2D eigenvalue weighted by Gasteiger charge is 2.26. The molecule has 1 saturated heterocycles. The molecular formula is C28H26F4N4O3. The van der Waals surface area contributed by atoms with E-state index in [0.717, 1.165) is 22.6 Å². The molecule has 3 heterocycles. The van der Waals surface area contributed by atoms with E-state index in [-0.39, 0.29) is 23.5 Å². The second-order valence-corrected chi connectivity index (χ2v) is 9.32.